The van der Waals surface area contributed by atoms with E-state index in [2.05, 4.69) is 41.2 Å². The van der Waals surface area contributed by atoms with Crippen molar-refractivity contribution >= 4 is 22.2 Å². The summed E-state index contributed by atoms with van der Waals surface area (Å²) >= 11 is 1.60. The molecule has 2 aromatic heterocycles. The number of nitrogens with zero attached hydrogens (tertiary/aromatic N) is 3. The Bertz CT molecular complexity index is 1080. The van der Waals surface area contributed by atoms with Crippen molar-refractivity contribution in [3.8, 4) is 10.6 Å². The molecule has 124 valence electrons. The van der Waals surface area contributed by atoms with Crippen LogP contribution in [0.4, 0.5) is 0 Å². The van der Waals surface area contributed by atoms with Crippen molar-refractivity contribution in [3.63, 3.8) is 0 Å². The van der Waals surface area contributed by atoms with Crippen LogP contribution in [0, 0.1) is 0 Å². The summed E-state index contributed by atoms with van der Waals surface area (Å²) in [7, 11) is 0. The van der Waals surface area contributed by atoms with Crippen LogP contribution < -0.4 is 5.56 Å². The van der Waals surface area contributed by atoms with E-state index in [4.69, 9.17) is 0 Å². The summed E-state index contributed by atoms with van der Waals surface area (Å²) in [5.74, 6) is 0. The van der Waals surface area contributed by atoms with Crippen LogP contribution in [0.2, 0.25) is 0 Å². The predicted molar refractivity (Wildman–Crippen MR) is 102 cm³/mol. The van der Waals surface area contributed by atoms with Crippen LogP contribution in [0.3, 0.4) is 0 Å². The number of thiazole rings is 1. The van der Waals surface area contributed by atoms with Gasteiger partial charge in [0, 0.05) is 10.9 Å². The third-order valence-corrected chi connectivity index (χ3v) is 5.16. The molecular weight excluding hydrogens is 330 g/mol. The highest BCUT2D eigenvalue weighted by atomic mass is 32.1. The molecule has 0 unspecified atom stereocenters. The number of fused-ring (bicyclic) bond motifs is 1. The third-order valence-electron chi connectivity index (χ3n) is 4.22. The van der Waals surface area contributed by atoms with Gasteiger partial charge in [-0.05, 0) is 24.1 Å². The van der Waals surface area contributed by atoms with Gasteiger partial charge in [-0.3, -0.25) is 9.36 Å². The van der Waals surface area contributed by atoms with Crippen LogP contribution in [0.5, 0.6) is 0 Å². The van der Waals surface area contributed by atoms with Gasteiger partial charge < -0.3 is 0 Å². The zero-order chi connectivity index (χ0) is 17.2. The maximum Gasteiger partial charge on any atom is 0.261 e. The van der Waals surface area contributed by atoms with Crippen molar-refractivity contribution in [2.24, 2.45) is 0 Å². The number of rotatable bonds is 4. The molecule has 25 heavy (non-hydrogen) atoms. The van der Waals surface area contributed by atoms with Gasteiger partial charge in [-0.2, -0.15) is 0 Å². The Morgan fingerprint density at radius 1 is 1.08 bits per heavy atom. The largest absolute Gasteiger partial charge is 0.293 e. The first kappa shape index (κ1) is 15.7. The molecule has 0 N–H and O–H groups in total. The number of benzene rings is 2. The molecule has 2 heterocycles. The second-order valence-corrected chi connectivity index (χ2v) is 6.75. The van der Waals surface area contributed by atoms with E-state index in [1.54, 1.807) is 22.2 Å². The van der Waals surface area contributed by atoms with Gasteiger partial charge in [0.25, 0.3) is 5.56 Å². The molecule has 0 aliphatic carbocycles. The molecule has 0 radical (unpaired) electrons. The average Bonchev–Trinajstić information content (AvgIpc) is 3.13. The lowest BCUT2D eigenvalue weighted by Crippen LogP contribution is -2.21. The van der Waals surface area contributed by atoms with Crippen molar-refractivity contribution in [2.75, 3.05) is 0 Å². The normalized spacial score (nSPS) is 11.1. The molecule has 2 aromatic carbocycles. The van der Waals surface area contributed by atoms with Gasteiger partial charge in [-0.15, -0.1) is 11.3 Å². The van der Waals surface area contributed by atoms with Crippen molar-refractivity contribution in [1.82, 2.24) is 14.5 Å². The molecule has 0 bridgehead atoms. The zero-order valence-electron chi connectivity index (χ0n) is 13.8. The lowest BCUT2D eigenvalue weighted by atomic mass is 10.1. The number of hydrogen-bond donors (Lipinski definition) is 0. The Morgan fingerprint density at radius 2 is 1.88 bits per heavy atom. The number of aryl methyl sites for hydroxylation is 1. The molecule has 0 fully saturated rings. The Kier molecular flexibility index (Phi) is 4.15. The summed E-state index contributed by atoms with van der Waals surface area (Å²) in [6, 6.07) is 15.9. The maximum atomic E-state index is 12.6. The molecule has 4 rings (SSSR count). The summed E-state index contributed by atoms with van der Waals surface area (Å²) in [6.07, 6.45) is 2.63. The molecule has 0 aliphatic rings. The van der Waals surface area contributed by atoms with E-state index in [0.29, 0.717) is 11.9 Å². The number of hydrogen-bond acceptors (Lipinski definition) is 4. The van der Waals surface area contributed by atoms with Crippen molar-refractivity contribution < 1.29 is 0 Å². The highest BCUT2D eigenvalue weighted by Crippen LogP contribution is 2.24. The van der Waals surface area contributed by atoms with E-state index in [1.807, 2.05) is 29.6 Å². The molecule has 5 heteroatoms. The Labute approximate surface area is 149 Å². The Balaban J connectivity index is 1.63. The van der Waals surface area contributed by atoms with E-state index in [-0.39, 0.29) is 5.56 Å². The minimum Gasteiger partial charge on any atom is -0.293 e. The standard InChI is InChI=1S/C20H17N3OS/c1-2-14-7-9-15(10-8-14)19-22-16(12-25-19)11-23-13-21-18-6-4-3-5-17(18)20(23)24/h3-10,12-13H,2,11H2,1H3. The SMILES string of the molecule is CCc1ccc(-c2nc(Cn3cnc4ccccc4c3=O)cs2)cc1. The van der Waals surface area contributed by atoms with E-state index >= 15 is 0 Å². The highest BCUT2D eigenvalue weighted by Gasteiger charge is 2.08. The first-order chi connectivity index (χ1) is 12.2. The topological polar surface area (TPSA) is 47.8 Å². The molecule has 0 saturated heterocycles. The lowest BCUT2D eigenvalue weighted by Gasteiger charge is -2.04. The lowest BCUT2D eigenvalue weighted by molar-refractivity contribution is 0.734. The van der Waals surface area contributed by atoms with Crippen LogP contribution in [-0.2, 0) is 13.0 Å². The number of aromatic nitrogens is 3. The van der Waals surface area contributed by atoms with Crippen LogP contribution in [0.1, 0.15) is 18.2 Å². The quantitative estimate of drug-likeness (QED) is 0.558. The van der Waals surface area contributed by atoms with Crippen LogP contribution in [0.15, 0.2) is 65.0 Å². The summed E-state index contributed by atoms with van der Waals surface area (Å²) in [5, 5.41) is 3.61. The molecule has 0 amide bonds. The summed E-state index contributed by atoms with van der Waals surface area (Å²) in [5.41, 5.74) is 3.98. The second kappa shape index (κ2) is 6.61. The van der Waals surface area contributed by atoms with Gasteiger partial charge in [0.1, 0.15) is 5.01 Å². The van der Waals surface area contributed by atoms with Crippen molar-refractivity contribution in [3.05, 3.63) is 81.8 Å². The van der Waals surface area contributed by atoms with Crippen molar-refractivity contribution in [1.29, 1.82) is 0 Å². The molecule has 0 atom stereocenters. The van der Waals surface area contributed by atoms with Gasteiger partial charge in [0.15, 0.2) is 0 Å². The van der Waals surface area contributed by atoms with Gasteiger partial charge in [0.2, 0.25) is 0 Å². The second-order valence-electron chi connectivity index (χ2n) is 5.89. The molecule has 4 aromatic rings. The van der Waals surface area contributed by atoms with Gasteiger partial charge in [-0.25, -0.2) is 9.97 Å². The first-order valence-electron chi connectivity index (χ1n) is 8.22. The van der Waals surface area contributed by atoms with Gasteiger partial charge in [0.05, 0.1) is 29.5 Å². The van der Waals surface area contributed by atoms with Crippen LogP contribution in [0.25, 0.3) is 21.5 Å². The van der Waals surface area contributed by atoms with E-state index in [1.165, 1.54) is 5.56 Å². The zero-order valence-corrected chi connectivity index (χ0v) is 14.7. The molecule has 0 spiro atoms. The summed E-state index contributed by atoms with van der Waals surface area (Å²) < 4.78 is 1.61. The number of para-hydroxylation sites is 1. The summed E-state index contributed by atoms with van der Waals surface area (Å²) in [4.78, 5) is 21.6. The third kappa shape index (κ3) is 3.10. The smallest absolute Gasteiger partial charge is 0.261 e. The average molecular weight is 347 g/mol. The Morgan fingerprint density at radius 3 is 2.68 bits per heavy atom. The fourth-order valence-electron chi connectivity index (χ4n) is 2.79. The summed E-state index contributed by atoms with van der Waals surface area (Å²) in [6.45, 7) is 2.58. The van der Waals surface area contributed by atoms with E-state index in [0.717, 1.165) is 28.2 Å². The monoisotopic (exact) mass is 347 g/mol. The molecule has 0 saturated carbocycles. The van der Waals surface area contributed by atoms with Gasteiger partial charge in [-0.1, -0.05) is 43.3 Å². The minimum atomic E-state index is -0.0348. The highest BCUT2D eigenvalue weighted by molar-refractivity contribution is 7.13. The van der Waals surface area contributed by atoms with Gasteiger partial charge >= 0.3 is 0 Å². The van der Waals surface area contributed by atoms with Crippen LogP contribution >= 0.6 is 11.3 Å². The first-order valence-corrected chi connectivity index (χ1v) is 9.10. The van der Waals surface area contributed by atoms with Crippen LogP contribution in [-0.4, -0.2) is 14.5 Å². The molecular formula is C20H17N3OS. The fourth-order valence-corrected chi connectivity index (χ4v) is 3.61. The molecule has 4 nitrogen and oxygen atoms in total. The fraction of sp³-hybridized carbons (Fsp3) is 0.150. The van der Waals surface area contributed by atoms with E-state index < -0.39 is 0 Å². The predicted octanol–water partition coefficient (Wildman–Crippen LogP) is 4.13. The minimum absolute atomic E-state index is 0.0348. The molecule has 0 aliphatic heterocycles. The maximum absolute atomic E-state index is 12.6. The van der Waals surface area contributed by atoms with Crippen molar-refractivity contribution in [2.45, 2.75) is 19.9 Å². The Hall–Kier alpha value is -2.79. The van der Waals surface area contributed by atoms with E-state index in [9.17, 15) is 4.79 Å².